The molecule has 0 N–H and O–H groups in total. The van der Waals surface area contributed by atoms with E-state index in [2.05, 4.69) is 0 Å². The Kier molecular flexibility index (Phi) is 7.51. The summed E-state index contributed by atoms with van der Waals surface area (Å²) in [4.78, 5) is 26.9. The molecule has 0 atom stereocenters. The number of hydrogen-bond acceptors (Lipinski definition) is 8. The lowest BCUT2D eigenvalue weighted by molar-refractivity contribution is -0.154. The first kappa shape index (κ1) is 25.5. The van der Waals surface area contributed by atoms with Gasteiger partial charge in [0.05, 0.1) is 23.1 Å². The SMILES string of the molecule is CCOC(=O)c1ccc(Oc2c(C(F)(F)F)oc3c4c(ccc3c2=O)OCN(CCCOC)C4)cc1. The van der Waals surface area contributed by atoms with Crippen molar-refractivity contribution in [2.75, 3.05) is 33.6 Å². The molecule has 1 aliphatic heterocycles. The summed E-state index contributed by atoms with van der Waals surface area (Å²) in [7, 11) is 1.58. The number of ether oxygens (including phenoxy) is 4. The fourth-order valence-electron chi connectivity index (χ4n) is 3.84. The molecule has 8 nitrogen and oxygen atoms in total. The quantitative estimate of drug-likeness (QED) is 0.312. The zero-order valence-electron chi connectivity index (χ0n) is 19.6. The minimum absolute atomic E-state index is 0.0674. The van der Waals surface area contributed by atoms with E-state index in [1.165, 1.54) is 36.4 Å². The van der Waals surface area contributed by atoms with Gasteiger partial charge in [0.25, 0.3) is 5.76 Å². The molecule has 0 unspecified atom stereocenters. The van der Waals surface area contributed by atoms with Crippen LogP contribution in [0.1, 0.15) is 35.0 Å². The highest BCUT2D eigenvalue weighted by Gasteiger charge is 2.41. The van der Waals surface area contributed by atoms with Crippen molar-refractivity contribution in [1.29, 1.82) is 0 Å². The number of carbonyl (C=O) groups is 1. The van der Waals surface area contributed by atoms with Crippen molar-refractivity contribution in [1.82, 2.24) is 4.90 Å². The fraction of sp³-hybridized carbons (Fsp3) is 0.360. The largest absolute Gasteiger partial charge is 0.478 e. The highest BCUT2D eigenvalue weighted by Crippen LogP contribution is 2.40. The number of methoxy groups -OCH3 is 1. The number of esters is 1. The normalized spacial score (nSPS) is 13.8. The van der Waals surface area contributed by atoms with Crippen molar-refractivity contribution in [3.63, 3.8) is 0 Å². The summed E-state index contributed by atoms with van der Waals surface area (Å²) in [5.74, 6) is -2.86. The summed E-state index contributed by atoms with van der Waals surface area (Å²) in [6.45, 7) is 3.42. The van der Waals surface area contributed by atoms with Crippen molar-refractivity contribution < 1.29 is 41.3 Å². The van der Waals surface area contributed by atoms with Gasteiger partial charge in [-0.05, 0) is 49.7 Å². The van der Waals surface area contributed by atoms with Crippen LogP contribution < -0.4 is 14.9 Å². The molecule has 2 heterocycles. The minimum Gasteiger partial charge on any atom is -0.478 e. The number of carbonyl (C=O) groups excluding carboxylic acids is 1. The molecule has 3 aromatic rings. The van der Waals surface area contributed by atoms with Crippen LogP contribution in [0, 0.1) is 0 Å². The third kappa shape index (κ3) is 5.31. The molecule has 0 amide bonds. The second-order valence-electron chi connectivity index (χ2n) is 8.03. The third-order valence-electron chi connectivity index (χ3n) is 5.53. The minimum atomic E-state index is -5.01. The highest BCUT2D eigenvalue weighted by atomic mass is 19.4. The number of rotatable bonds is 8. The van der Waals surface area contributed by atoms with E-state index in [-0.39, 0.29) is 42.2 Å². The summed E-state index contributed by atoms with van der Waals surface area (Å²) >= 11 is 0. The van der Waals surface area contributed by atoms with E-state index >= 15 is 0 Å². The maximum absolute atomic E-state index is 14.0. The van der Waals surface area contributed by atoms with Gasteiger partial charge in [-0.2, -0.15) is 13.2 Å². The predicted molar refractivity (Wildman–Crippen MR) is 122 cm³/mol. The first-order valence-electron chi connectivity index (χ1n) is 11.2. The first-order chi connectivity index (χ1) is 17.2. The summed E-state index contributed by atoms with van der Waals surface area (Å²) in [5, 5.41) is -0.0674. The summed E-state index contributed by atoms with van der Waals surface area (Å²) in [6, 6.07) is 8.09. The van der Waals surface area contributed by atoms with Crippen LogP contribution >= 0.6 is 0 Å². The molecule has 36 heavy (non-hydrogen) atoms. The van der Waals surface area contributed by atoms with Crippen LogP contribution in [0.5, 0.6) is 17.2 Å². The van der Waals surface area contributed by atoms with E-state index in [0.29, 0.717) is 30.9 Å². The molecule has 0 bridgehead atoms. The van der Waals surface area contributed by atoms with Crippen LogP contribution in [0.4, 0.5) is 13.2 Å². The molecule has 4 rings (SSSR count). The molecule has 192 valence electrons. The number of halogens is 3. The van der Waals surface area contributed by atoms with Gasteiger partial charge in [-0.25, -0.2) is 4.79 Å². The van der Waals surface area contributed by atoms with Gasteiger partial charge < -0.3 is 23.4 Å². The Morgan fingerprint density at radius 2 is 1.89 bits per heavy atom. The Bertz CT molecular complexity index is 1300. The van der Waals surface area contributed by atoms with Gasteiger partial charge in [-0.3, -0.25) is 9.69 Å². The maximum atomic E-state index is 14.0. The molecule has 0 saturated heterocycles. The molecule has 0 spiro atoms. The van der Waals surface area contributed by atoms with Crippen molar-refractivity contribution in [2.24, 2.45) is 0 Å². The standard InChI is InChI=1S/C25H24F3NO7/c1-3-33-24(31)15-5-7-16(8-6-15)35-22-20(30)17-9-10-19-18(21(17)36-23(22)25(26,27)28)13-29(14-34-19)11-4-12-32-2/h5-10H,3-4,11-14H2,1-2H3. The second-order valence-corrected chi connectivity index (χ2v) is 8.03. The van der Waals surface area contributed by atoms with Crippen molar-refractivity contribution >= 4 is 16.9 Å². The number of benzene rings is 2. The molecule has 0 radical (unpaired) electrons. The topological polar surface area (TPSA) is 87.4 Å². The van der Waals surface area contributed by atoms with Crippen molar-refractivity contribution in [3.8, 4) is 17.2 Å². The summed E-state index contributed by atoms with van der Waals surface area (Å²) in [5.41, 5.74) is -0.639. The van der Waals surface area contributed by atoms with Crippen LogP contribution in [0.2, 0.25) is 0 Å². The van der Waals surface area contributed by atoms with Gasteiger partial charge in [-0.1, -0.05) is 0 Å². The molecule has 0 fully saturated rings. The zero-order valence-corrected chi connectivity index (χ0v) is 19.6. The van der Waals surface area contributed by atoms with Crippen molar-refractivity contribution in [2.45, 2.75) is 26.1 Å². The van der Waals surface area contributed by atoms with E-state index in [1.807, 2.05) is 4.90 Å². The Hall–Kier alpha value is -3.57. The summed E-state index contributed by atoms with van der Waals surface area (Å²) < 4.78 is 68.3. The van der Waals surface area contributed by atoms with Crippen LogP contribution in [0.15, 0.2) is 45.6 Å². The maximum Gasteiger partial charge on any atom is 0.453 e. The van der Waals surface area contributed by atoms with E-state index in [0.717, 1.165) is 0 Å². The monoisotopic (exact) mass is 507 g/mol. The molecule has 11 heteroatoms. The van der Waals surface area contributed by atoms with Gasteiger partial charge in [0.2, 0.25) is 11.2 Å². The molecule has 0 saturated carbocycles. The number of alkyl halides is 3. The average Bonchev–Trinajstić information content (AvgIpc) is 2.85. The lowest BCUT2D eigenvalue weighted by Gasteiger charge is -2.29. The fourth-order valence-corrected chi connectivity index (χ4v) is 3.84. The molecule has 0 aliphatic carbocycles. The zero-order chi connectivity index (χ0) is 25.9. The predicted octanol–water partition coefficient (Wildman–Crippen LogP) is 4.97. The molecular weight excluding hydrogens is 483 g/mol. The number of hydrogen-bond donors (Lipinski definition) is 0. The van der Waals surface area contributed by atoms with Gasteiger partial charge in [-0.15, -0.1) is 0 Å². The smallest absolute Gasteiger partial charge is 0.453 e. The van der Waals surface area contributed by atoms with Gasteiger partial charge in [0.1, 0.15) is 23.8 Å². The van der Waals surface area contributed by atoms with Gasteiger partial charge in [0, 0.05) is 26.8 Å². The second kappa shape index (κ2) is 10.6. The van der Waals surface area contributed by atoms with E-state index in [1.54, 1.807) is 14.0 Å². The molecule has 2 aromatic carbocycles. The first-order valence-corrected chi connectivity index (χ1v) is 11.2. The van der Waals surface area contributed by atoms with Crippen LogP contribution in [-0.2, 0) is 22.2 Å². The number of fused-ring (bicyclic) bond motifs is 3. The van der Waals surface area contributed by atoms with Crippen LogP contribution in [0.25, 0.3) is 11.0 Å². The van der Waals surface area contributed by atoms with Crippen molar-refractivity contribution in [3.05, 3.63) is 63.5 Å². The molecule has 1 aliphatic rings. The third-order valence-corrected chi connectivity index (χ3v) is 5.53. The Labute approximate surface area is 204 Å². The van der Waals surface area contributed by atoms with Gasteiger partial charge >= 0.3 is 12.1 Å². The van der Waals surface area contributed by atoms with Gasteiger partial charge in [0.15, 0.2) is 0 Å². The van der Waals surface area contributed by atoms with E-state index in [9.17, 15) is 22.8 Å². The molecular formula is C25H24F3NO7. The van der Waals surface area contributed by atoms with E-state index < -0.39 is 29.1 Å². The molecule has 1 aromatic heterocycles. The highest BCUT2D eigenvalue weighted by molar-refractivity contribution is 5.89. The van der Waals surface area contributed by atoms with Crippen LogP contribution in [0.3, 0.4) is 0 Å². The number of nitrogens with zero attached hydrogens (tertiary/aromatic N) is 1. The Balaban J connectivity index is 1.73. The Morgan fingerprint density at radius 1 is 1.14 bits per heavy atom. The Morgan fingerprint density at radius 3 is 2.56 bits per heavy atom. The average molecular weight is 507 g/mol. The lowest BCUT2D eigenvalue weighted by Crippen LogP contribution is -2.33. The summed E-state index contributed by atoms with van der Waals surface area (Å²) in [6.07, 6.45) is -4.31. The lowest BCUT2D eigenvalue weighted by atomic mass is 10.1. The van der Waals surface area contributed by atoms with E-state index in [4.69, 9.17) is 23.4 Å². The van der Waals surface area contributed by atoms with Crippen LogP contribution in [-0.4, -0.2) is 44.5 Å².